The molecule has 57 heavy (non-hydrogen) atoms. The lowest BCUT2D eigenvalue weighted by molar-refractivity contribution is 0.735. The van der Waals surface area contributed by atoms with Crippen molar-refractivity contribution < 1.29 is 11.0 Å². The van der Waals surface area contributed by atoms with Gasteiger partial charge in [0.05, 0.1) is 33.0 Å². The third kappa shape index (κ3) is 5.22. The lowest BCUT2D eigenvalue weighted by Crippen LogP contribution is -2.74. The Morgan fingerprint density at radius 1 is 0.421 bits per heavy atom. The molecule has 0 fully saturated rings. The Hall–Kier alpha value is -7.28. The molecule has 270 valence electrons. The lowest BCUT2D eigenvalue weighted by Gasteiger charge is -2.35. The van der Waals surface area contributed by atoms with Gasteiger partial charge in [0.1, 0.15) is 0 Å². The second kappa shape index (κ2) is 13.5. The summed E-state index contributed by atoms with van der Waals surface area (Å²) in [5.74, 6) is 0.428. The van der Waals surface area contributed by atoms with Gasteiger partial charge in [-0.3, -0.25) is 14.5 Å². The molecule has 0 radical (unpaired) electrons. The predicted molar refractivity (Wildman–Crippen MR) is 240 cm³/mol. The summed E-state index contributed by atoms with van der Waals surface area (Å²) in [6.45, 7) is 0. The van der Waals surface area contributed by atoms with Crippen LogP contribution in [0.3, 0.4) is 0 Å². The summed E-state index contributed by atoms with van der Waals surface area (Å²) >= 11 is 0. The average Bonchev–Trinajstić information content (AvgIpc) is 3.90. The van der Waals surface area contributed by atoms with Crippen molar-refractivity contribution in [2.24, 2.45) is 9.98 Å². The second-order valence-electron chi connectivity index (χ2n) is 14.0. The number of rotatable bonds is 5. The molecule has 1 N–H and O–H groups in total. The van der Waals surface area contributed by atoms with Crippen LogP contribution in [-0.4, -0.2) is 29.1 Å². The van der Waals surface area contributed by atoms with Gasteiger partial charge in [0.15, 0.2) is 14.2 Å². The molecule has 0 bridgehead atoms. The number of fused-ring (bicyclic) bond motifs is 6. The van der Waals surface area contributed by atoms with Crippen LogP contribution in [0, 0.1) is 0 Å². The zero-order valence-electron chi connectivity index (χ0n) is 38.5. The third-order valence-corrected chi connectivity index (χ3v) is 15.8. The number of hydrogen-bond donors (Lipinski definition) is 1. The van der Waals surface area contributed by atoms with E-state index in [0.717, 1.165) is 32.6 Å². The van der Waals surface area contributed by atoms with E-state index in [1.165, 1.54) is 20.1 Å². The first-order chi connectivity index (χ1) is 31.6. The molecule has 2 aromatic heterocycles. The highest BCUT2D eigenvalue weighted by Crippen LogP contribution is 2.33. The first-order valence-electron chi connectivity index (χ1n) is 22.8. The van der Waals surface area contributed by atoms with Crippen LogP contribution in [0.15, 0.2) is 222 Å². The summed E-state index contributed by atoms with van der Waals surface area (Å²) < 4.78 is 75.0. The minimum Gasteiger partial charge on any atom is -0.295 e. The Kier molecular flexibility index (Phi) is 6.08. The van der Waals surface area contributed by atoms with E-state index in [9.17, 15) is 2.74 Å². The zero-order valence-corrected chi connectivity index (χ0v) is 31.5. The van der Waals surface area contributed by atoms with Crippen LogP contribution in [0.1, 0.15) is 22.7 Å². The molecule has 6 heteroatoms. The Bertz CT molecular complexity index is 3400. The van der Waals surface area contributed by atoms with Crippen molar-refractivity contribution >= 4 is 84.4 Å². The number of aromatic nitrogens is 2. The molecule has 1 aliphatic heterocycles. The smallest absolute Gasteiger partial charge is 0.212 e. The van der Waals surface area contributed by atoms with E-state index in [0.29, 0.717) is 5.96 Å². The third-order valence-electron chi connectivity index (χ3n) is 11.0. The van der Waals surface area contributed by atoms with Crippen molar-refractivity contribution in [1.82, 2.24) is 14.5 Å². The number of hydrogen-bond acceptors (Lipinski definition) is 3. The first kappa shape index (κ1) is 25.7. The number of aliphatic imine (C=N–C) groups is 2. The maximum absolute atomic E-state index is 9.29. The molecule has 0 saturated heterocycles. The summed E-state index contributed by atoms with van der Waals surface area (Å²) in [7, 11) is -3.02. The molecule has 1 unspecified atom stereocenters. The van der Waals surface area contributed by atoms with Crippen molar-refractivity contribution in [3.8, 4) is 0 Å². The molecule has 0 saturated carbocycles. The number of nitrogens with zero attached hydrogens (tertiary/aromatic N) is 4. The van der Waals surface area contributed by atoms with Gasteiger partial charge in [-0.25, -0.2) is 9.98 Å². The molecule has 1 atom stereocenters. The van der Waals surface area contributed by atoms with E-state index >= 15 is 0 Å². The molecular weight excluding hydrogens is 711 g/mol. The lowest BCUT2D eigenvalue weighted by atomic mass is 10.2. The fraction of sp³-hybridized carbons (Fsp3) is 0.0196. The van der Waals surface area contributed by atoms with Crippen molar-refractivity contribution in [3.63, 3.8) is 0 Å². The van der Waals surface area contributed by atoms with E-state index in [4.69, 9.17) is 18.2 Å². The normalized spacial score (nSPS) is 16.5. The predicted octanol–water partition coefficient (Wildman–Crippen LogP) is 8.69. The van der Waals surface area contributed by atoms with Gasteiger partial charge in [0, 0.05) is 21.5 Å². The van der Waals surface area contributed by atoms with Gasteiger partial charge in [0.2, 0.25) is 11.9 Å². The molecule has 1 aliphatic rings. The molecule has 11 rings (SSSR count). The van der Waals surface area contributed by atoms with Crippen LogP contribution in [-0.2, 0) is 0 Å². The van der Waals surface area contributed by atoms with E-state index < -0.39 is 62.6 Å². The SMILES string of the molecule is [2H]c1c([2H])c([2H])c2c(c1[2H])c1c([2H])c([2H])c([2H])c([2H])c1n2C1=NC(c2cccc([Si](c3ccccc3)(c3ccccc3)c3ccccc3)c2)N=C(n2c3ccccc3c3ccccc32)N1. The molecule has 3 heterocycles. The van der Waals surface area contributed by atoms with Crippen molar-refractivity contribution in [1.29, 1.82) is 0 Å². The zero-order chi connectivity index (χ0) is 44.7. The van der Waals surface area contributed by atoms with Crippen LogP contribution in [0.25, 0.3) is 43.6 Å². The molecule has 5 nitrogen and oxygen atoms in total. The van der Waals surface area contributed by atoms with E-state index in [1.54, 1.807) is 0 Å². The van der Waals surface area contributed by atoms with Crippen molar-refractivity contribution in [2.75, 3.05) is 0 Å². The van der Waals surface area contributed by atoms with E-state index in [2.05, 4.69) is 90.2 Å². The maximum Gasteiger partial charge on any atom is 0.212 e. The quantitative estimate of drug-likeness (QED) is 0.139. The Morgan fingerprint density at radius 3 is 1.35 bits per heavy atom. The summed E-state index contributed by atoms with van der Waals surface area (Å²) in [6.07, 6.45) is -0.950. The summed E-state index contributed by atoms with van der Waals surface area (Å²) in [5, 5.41) is 9.99. The topological polar surface area (TPSA) is 46.6 Å². The van der Waals surface area contributed by atoms with Gasteiger partial charge in [-0.1, -0.05) is 188 Å². The highest BCUT2D eigenvalue weighted by molar-refractivity contribution is 7.19. The Labute approximate surface area is 342 Å². The van der Waals surface area contributed by atoms with Crippen LogP contribution in [0.4, 0.5) is 0 Å². The molecule has 10 aromatic rings. The van der Waals surface area contributed by atoms with Gasteiger partial charge in [-0.2, -0.15) is 0 Å². The van der Waals surface area contributed by atoms with E-state index in [1.807, 2.05) is 83.4 Å². The minimum absolute atomic E-state index is 0.0358. The van der Waals surface area contributed by atoms with Crippen LogP contribution in [0.5, 0.6) is 0 Å². The minimum atomic E-state index is -3.02. The Morgan fingerprint density at radius 2 is 0.842 bits per heavy atom. The molecule has 0 spiro atoms. The average molecular weight is 756 g/mol. The summed E-state index contributed by atoms with van der Waals surface area (Å²) in [5.41, 5.74) is 2.36. The highest BCUT2D eigenvalue weighted by atomic mass is 28.3. The first-order valence-corrected chi connectivity index (χ1v) is 20.8. The molecule has 0 aliphatic carbocycles. The van der Waals surface area contributed by atoms with Crippen LogP contribution >= 0.6 is 0 Å². The van der Waals surface area contributed by atoms with Crippen LogP contribution in [0.2, 0.25) is 0 Å². The molecule has 8 aromatic carbocycles. The fourth-order valence-corrected chi connectivity index (χ4v) is 13.4. The highest BCUT2D eigenvalue weighted by Gasteiger charge is 2.41. The number of benzene rings is 8. The summed E-state index contributed by atoms with van der Waals surface area (Å²) in [4.78, 5) is 10.7. The largest absolute Gasteiger partial charge is 0.295 e. The molecule has 0 amide bonds. The van der Waals surface area contributed by atoms with Gasteiger partial charge in [0.25, 0.3) is 0 Å². The van der Waals surface area contributed by atoms with Gasteiger partial charge < -0.3 is 0 Å². The van der Waals surface area contributed by atoms with Crippen molar-refractivity contribution in [3.05, 3.63) is 218 Å². The monoisotopic (exact) mass is 755 g/mol. The van der Waals surface area contributed by atoms with E-state index in [-0.39, 0.29) is 27.8 Å². The fourth-order valence-electron chi connectivity index (χ4n) is 8.58. The van der Waals surface area contributed by atoms with Gasteiger partial charge >= 0.3 is 0 Å². The molecular formula is C51H37N5Si. The van der Waals surface area contributed by atoms with Gasteiger partial charge in [-0.15, -0.1) is 0 Å². The standard InChI is InChI=1S/C51H37N5Si/c1-4-20-37(21-5-1)57(38-22-6-2-7-23-38,39-24-8-3-9-25-39)40-26-18-19-36(35-40)49-52-50(55-45-31-14-10-27-41(45)42-28-11-15-32-46(42)55)54-51(53-49)56-47-33-16-12-29-43(47)44-30-13-17-34-48(44)56/h1-35,49H,(H,52,53,54)/i10D,11D,14D,15D,27D,28D,31D,32D. The maximum atomic E-state index is 9.29. The van der Waals surface area contributed by atoms with Crippen molar-refractivity contribution in [2.45, 2.75) is 6.17 Å². The number of para-hydroxylation sites is 4. The van der Waals surface area contributed by atoms with Gasteiger partial charge in [-0.05, 0) is 50.5 Å². The Balaban J connectivity index is 1.24. The number of nitrogens with one attached hydrogen (secondary N) is 1. The second-order valence-corrected chi connectivity index (χ2v) is 17.8. The van der Waals surface area contributed by atoms with Crippen LogP contribution < -0.4 is 26.1 Å². The summed E-state index contributed by atoms with van der Waals surface area (Å²) in [6, 6.07) is 52.4.